The summed E-state index contributed by atoms with van der Waals surface area (Å²) in [6.45, 7) is 1.63. The summed E-state index contributed by atoms with van der Waals surface area (Å²) in [7, 11) is -4.14. The predicted octanol–water partition coefficient (Wildman–Crippen LogP) is 6.80. The molecule has 2 amide bonds. The minimum atomic E-state index is -4.14. The normalized spacial score (nSPS) is 14.0. The second kappa shape index (κ2) is 15.4. The Kier molecular flexibility index (Phi) is 11.1. The van der Waals surface area contributed by atoms with Gasteiger partial charge in [0.15, 0.2) is 0 Å². The van der Waals surface area contributed by atoms with Crippen LogP contribution in [0.1, 0.15) is 49.3 Å². The lowest BCUT2D eigenvalue weighted by atomic mass is 10.0. The summed E-state index contributed by atoms with van der Waals surface area (Å²) in [4.78, 5) is 30.3. The molecule has 0 radical (unpaired) electrons. The summed E-state index contributed by atoms with van der Waals surface area (Å²) >= 11 is 6.17. The van der Waals surface area contributed by atoms with Gasteiger partial charge in [-0.25, -0.2) is 8.42 Å². The molecule has 4 aromatic rings. The molecule has 1 aliphatic carbocycles. The van der Waals surface area contributed by atoms with Crippen molar-refractivity contribution in [1.29, 1.82) is 0 Å². The van der Waals surface area contributed by atoms with Crippen LogP contribution in [0.15, 0.2) is 114 Å². The number of rotatable bonds is 13. The number of benzene rings is 4. The Hall–Kier alpha value is -4.14. The molecule has 0 aromatic heterocycles. The van der Waals surface area contributed by atoms with Crippen molar-refractivity contribution in [1.82, 2.24) is 10.2 Å². The van der Waals surface area contributed by atoms with E-state index in [0.29, 0.717) is 10.7 Å². The number of nitrogens with zero attached hydrogens (tertiary/aromatic N) is 2. The zero-order chi connectivity index (χ0) is 32.5. The number of carbonyl (C=O) groups excluding carboxylic acids is 2. The number of hydrogen-bond acceptors (Lipinski definition) is 4. The average molecular weight is 658 g/mol. The van der Waals surface area contributed by atoms with Gasteiger partial charge >= 0.3 is 0 Å². The third-order valence-electron chi connectivity index (χ3n) is 8.48. The molecular weight excluding hydrogens is 618 g/mol. The van der Waals surface area contributed by atoms with Crippen LogP contribution in [0.3, 0.4) is 0 Å². The molecule has 7 nitrogen and oxygen atoms in total. The van der Waals surface area contributed by atoms with Gasteiger partial charge in [-0.05, 0) is 72.4 Å². The van der Waals surface area contributed by atoms with E-state index < -0.39 is 28.5 Å². The van der Waals surface area contributed by atoms with Crippen molar-refractivity contribution in [2.45, 2.75) is 69.0 Å². The molecule has 0 heterocycles. The highest BCUT2D eigenvalue weighted by molar-refractivity contribution is 7.92. The van der Waals surface area contributed by atoms with Gasteiger partial charge in [0.2, 0.25) is 11.8 Å². The number of aryl methyl sites for hydroxylation is 1. The van der Waals surface area contributed by atoms with Crippen molar-refractivity contribution >= 4 is 39.1 Å². The van der Waals surface area contributed by atoms with E-state index in [4.69, 9.17) is 11.6 Å². The van der Waals surface area contributed by atoms with E-state index in [-0.39, 0.29) is 29.8 Å². The Balaban J connectivity index is 1.55. The maximum absolute atomic E-state index is 14.6. The summed E-state index contributed by atoms with van der Waals surface area (Å²) in [6, 6.07) is 31.2. The van der Waals surface area contributed by atoms with Crippen LogP contribution >= 0.6 is 11.6 Å². The first kappa shape index (κ1) is 33.2. The van der Waals surface area contributed by atoms with Crippen molar-refractivity contribution in [3.05, 3.63) is 131 Å². The molecule has 46 heavy (non-hydrogen) atoms. The van der Waals surface area contributed by atoms with Crippen molar-refractivity contribution < 1.29 is 18.0 Å². The van der Waals surface area contributed by atoms with E-state index in [1.165, 1.54) is 17.0 Å². The van der Waals surface area contributed by atoms with Crippen LogP contribution in [0.25, 0.3) is 0 Å². The average Bonchev–Trinajstić information content (AvgIpc) is 3.60. The molecule has 0 aliphatic heterocycles. The molecule has 0 spiro atoms. The van der Waals surface area contributed by atoms with Gasteiger partial charge in [0.1, 0.15) is 12.6 Å². The first-order valence-corrected chi connectivity index (χ1v) is 17.6. The molecule has 1 N–H and O–H groups in total. The van der Waals surface area contributed by atoms with Gasteiger partial charge in [-0.1, -0.05) is 104 Å². The zero-order valence-electron chi connectivity index (χ0n) is 26.0. The van der Waals surface area contributed by atoms with Crippen molar-refractivity contribution in [3.63, 3.8) is 0 Å². The molecule has 9 heteroatoms. The quantitative estimate of drug-likeness (QED) is 0.171. The maximum Gasteiger partial charge on any atom is 0.264 e. The lowest BCUT2D eigenvalue weighted by molar-refractivity contribution is -0.140. The van der Waals surface area contributed by atoms with E-state index in [9.17, 15) is 18.0 Å². The number of sulfonamides is 1. The Morgan fingerprint density at radius 1 is 0.804 bits per heavy atom. The second-order valence-corrected chi connectivity index (χ2v) is 14.0. The molecule has 0 unspecified atom stereocenters. The lowest BCUT2D eigenvalue weighted by Crippen LogP contribution is -2.54. The molecule has 240 valence electrons. The number of carbonyl (C=O) groups is 2. The van der Waals surface area contributed by atoms with Gasteiger partial charge in [0, 0.05) is 24.0 Å². The van der Waals surface area contributed by atoms with Crippen molar-refractivity contribution in [2.24, 2.45) is 0 Å². The highest BCUT2D eigenvalue weighted by Gasteiger charge is 2.35. The van der Waals surface area contributed by atoms with Crippen LogP contribution in [-0.2, 0) is 39.0 Å². The Morgan fingerprint density at radius 3 is 2.00 bits per heavy atom. The van der Waals surface area contributed by atoms with Gasteiger partial charge < -0.3 is 10.2 Å². The first-order valence-electron chi connectivity index (χ1n) is 15.8. The standard InChI is InChI=1S/C37H40ClN3O4S/c1-2-28-19-23-33(24-20-28)41(46(44,45)34-15-7-4-8-16-34)27-36(42)40(26-30-17-21-31(38)22-18-30)35(25-29-11-5-3-6-12-29)37(43)39-32-13-9-10-14-32/h3-8,11-12,15-24,32,35H,2,9-10,13-14,25-27H2,1H3,(H,39,43)/t35-/m0/s1. The summed E-state index contributed by atoms with van der Waals surface area (Å²) in [5.74, 6) is -0.737. The molecular formula is C37H40ClN3O4S. The highest BCUT2D eigenvalue weighted by atomic mass is 35.5. The summed E-state index contributed by atoms with van der Waals surface area (Å²) in [5.41, 5.74) is 3.08. The van der Waals surface area contributed by atoms with Crippen molar-refractivity contribution in [2.75, 3.05) is 10.8 Å². The van der Waals surface area contributed by atoms with Gasteiger partial charge in [-0.3, -0.25) is 13.9 Å². The SMILES string of the molecule is CCc1ccc(N(CC(=O)N(Cc2ccc(Cl)cc2)[C@@H](Cc2ccccc2)C(=O)NC2CCCC2)S(=O)(=O)c2ccccc2)cc1. The molecule has 1 fully saturated rings. The minimum absolute atomic E-state index is 0.0466. The molecule has 1 atom stereocenters. The fourth-order valence-corrected chi connectivity index (χ4v) is 7.42. The van der Waals surface area contributed by atoms with Gasteiger partial charge in [0.25, 0.3) is 10.0 Å². The Labute approximate surface area is 277 Å². The molecule has 0 saturated heterocycles. The van der Waals surface area contributed by atoms with Crippen LogP contribution in [0, 0.1) is 0 Å². The molecule has 4 aromatic carbocycles. The number of amides is 2. The summed E-state index contributed by atoms with van der Waals surface area (Å²) < 4.78 is 29.4. The van der Waals surface area contributed by atoms with Crippen LogP contribution < -0.4 is 9.62 Å². The van der Waals surface area contributed by atoms with Gasteiger partial charge in [-0.2, -0.15) is 0 Å². The predicted molar refractivity (Wildman–Crippen MR) is 183 cm³/mol. The molecule has 5 rings (SSSR count). The van der Waals surface area contributed by atoms with E-state index in [2.05, 4.69) is 5.32 Å². The number of hydrogen-bond donors (Lipinski definition) is 1. The fraction of sp³-hybridized carbons (Fsp3) is 0.297. The van der Waals surface area contributed by atoms with Gasteiger partial charge in [0.05, 0.1) is 10.6 Å². The Bertz CT molecular complexity index is 1690. The van der Waals surface area contributed by atoms with Crippen LogP contribution in [0.5, 0.6) is 0 Å². The number of halogens is 1. The van der Waals surface area contributed by atoms with E-state index in [1.807, 2.05) is 61.5 Å². The van der Waals surface area contributed by atoms with Crippen LogP contribution in [0.2, 0.25) is 5.02 Å². The highest BCUT2D eigenvalue weighted by Crippen LogP contribution is 2.26. The molecule has 1 aliphatic rings. The third kappa shape index (κ3) is 8.36. The van der Waals surface area contributed by atoms with Crippen LogP contribution in [0.4, 0.5) is 5.69 Å². The second-order valence-electron chi connectivity index (χ2n) is 11.7. The maximum atomic E-state index is 14.6. The first-order chi connectivity index (χ1) is 22.2. The topological polar surface area (TPSA) is 86.8 Å². The summed E-state index contributed by atoms with van der Waals surface area (Å²) in [5, 5.41) is 3.75. The lowest BCUT2D eigenvalue weighted by Gasteiger charge is -2.34. The van der Waals surface area contributed by atoms with E-state index >= 15 is 0 Å². The number of nitrogens with one attached hydrogen (secondary N) is 1. The summed E-state index contributed by atoms with van der Waals surface area (Å²) in [6.07, 6.45) is 4.94. The largest absolute Gasteiger partial charge is 0.352 e. The van der Waals surface area contributed by atoms with E-state index in [0.717, 1.165) is 53.1 Å². The van der Waals surface area contributed by atoms with E-state index in [1.54, 1.807) is 42.5 Å². The minimum Gasteiger partial charge on any atom is -0.352 e. The fourth-order valence-electron chi connectivity index (χ4n) is 5.85. The van der Waals surface area contributed by atoms with Crippen LogP contribution in [-0.4, -0.2) is 43.8 Å². The smallest absolute Gasteiger partial charge is 0.264 e. The number of anilines is 1. The molecule has 0 bridgehead atoms. The zero-order valence-corrected chi connectivity index (χ0v) is 27.6. The van der Waals surface area contributed by atoms with Crippen molar-refractivity contribution in [3.8, 4) is 0 Å². The third-order valence-corrected chi connectivity index (χ3v) is 10.5. The Morgan fingerprint density at radius 2 is 1.39 bits per heavy atom. The monoisotopic (exact) mass is 657 g/mol. The van der Waals surface area contributed by atoms with Gasteiger partial charge in [-0.15, -0.1) is 0 Å². The molecule has 1 saturated carbocycles.